The molecule has 3 aliphatic rings. The second kappa shape index (κ2) is 42.6. The number of aliphatic hydroxyl groups is 11. The van der Waals surface area contributed by atoms with Crippen LogP contribution in [-0.2, 0) is 42.8 Å². The molecule has 0 aromatic carbocycles. The second-order valence-electron chi connectivity index (χ2n) is 23.6. The van der Waals surface area contributed by atoms with Crippen LogP contribution in [0.5, 0.6) is 0 Å². The lowest BCUT2D eigenvalue weighted by atomic mass is 9.88. The molecule has 3 fully saturated rings. The Hall–Kier alpha value is -2.27. The molecule has 0 aliphatic carbocycles. The van der Waals surface area contributed by atoms with E-state index in [4.69, 9.17) is 28.4 Å². The molecule has 83 heavy (non-hydrogen) atoms. The summed E-state index contributed by atoms with van der Waals surface area (Å²) in [5, 5.41) is 136. The number of hydrogen-bond acceptors (Lipinski definition) is 20. The van der Waals surface area contributed by atoms with Crippen LogP contribution in [0.3, 0.4) is 0 Å². The van der Waals surface area contributed by atoms with Crippen LogP contribution in [0.2, 0.25) is 0 Å². The van der Waals surface area contributed by atoms with Crippen molar-refractivity contribution in [3.8, 4) is 0 Å². The molecule has 488 valence electrons. The molecule has 3 saturated heterocycles. The van der Waals surface area contributed by atoms with E-state index in [9.17, 15) is 75.7 Å². The molecule has 23 nitrogen and oxygen atoms in total. The predicted molar refractivity (Wildman–Crippen MR) is 306 cm³/mol. The number of aliphatic hydroxyl groups excluding tert-OH is 11. The lowest BCUT2D eigenvalue weighted by Crippen LogP contribution is -2.70. The van der Waals surface area contributed by atoms with Gasteiger partial charge in [0, 0.05) is 19.8 Å². The van der Waals surface area contributed by atoms with Crippen molar-refractivity contribution in [2.24, 2.45) is 0 Å². The number of carboxylic acid groups (broad SMARTS) is 1. The molecule has 0 radical (unpaired) electrons. The van der Waals surface area contributed by atoms with Gasteiger partial charge in [0.2, 0.25) is 11.8 Å². The summed E-state index contributed by atoms with van der Waals surface area (Å²) in [6.45, 7) is 2.18. The Morgan fingerprint density at radius 2 is 1.05 bits per heavy atom. The average molecular weight is 1200 g/mol. The summed E-state index contributed by atoms with van der Waals surface area (Å²) < 4.78 is 34.8. The molecule has 2 amide bonds. The van der Waals surface area contributed by atoms with Crippen molar-refractivity contribution in [3.05, 3.63) is 0 Å². The van der Waals surface area contributed by atoms with Gasteiger partial charge in [-0.05, 0) is 12.8 Å². The second-order valence-corrected chi connectivity index (χ2v) is 23.6. The first-order valence-electron chi connectivity index (χ1n) is 31.9. The Balaban J connectivity index is 1.63. The van der Waals surface area contributed by atoms with Crippen molar-refractivity contribution in [2.45, 2.75) is 336 Å². The van der Waals surface area contributed by atoms with Gasteiger partial charge in [-0.15, -0.1) is 0 Å². The van der Waals surface area contributed by atoms with Gasteiger partial charge in [0.1, 0.15) is 67.1 Å². The molecule has 18 unspecified atom stereocenters. The maximum atomic E-state index is 13.4. The Kier molecular flexibility index (Phi) is 38.5. The molecule has 0 aromatic rings. The molecule has 0 spiro atoms. The largest absolute Gasteiger partial charge is 0.477 e. The zero-order valence-corrected chi connectivity index (χ0v) is 50.3. The third-order valence-corrected chi connectivity index (χ3v) is 16.6. The van der Waals surface area contributed by atoms with E-state index in [1.54, 1.807) is 0 Å². The van der Waals surface area contributed by atoms with Crippen LogP contribution in [0.15, 0.2) is 0 Å². The summed E-state index contributed by atoms with van der Waals surface area (Å²) in [5.41, 5.74) is 0. The van der Waals surface area contributed by atoms with Crippen molar-refractivity contribution < 1.29 is 104 Å². The van der Waals surface area contributed by atoms with Gasteiger partial charge in [0.15, 0.2) is 12.6 Å². The molecule has 0 bridgehead atoms. The fourth-order valence-electron chi connectivity index (χ4n) is 11.4. The molecule has 23 heteroatoms. The Morgan fingerprint density at radius 1 is 0.578 bits per heavy atom. The molecule has 14 N–H and O–H groups in total. The number of nitrogens with one attached hydrogen (secondary N) is 2. The maximum Gasteiger partial charge on any atom is 0.364 e. The fraction of sp³-hybridized carbons (Fsp3) is 0.950. The molecule has 0 saturated carbocycles. The quantitative estimate of drug-likeness (QED) is 0.0386. The van der Waals surface area contributed by atoms with Crippen molar-refractivity contribution in [3.63, 3.8) is 0 Å². The van der Waals surface area contributed by atoms with E-state index >= 15 is 0 Å². The molecule has 3 rings (SSSR count). The zero-order chi connectivity index (χ0) is 61.2. The lowest BCUT2D eigenvalue weighted by Gasteiger charge is -2.50. The van der Waals surface area contributed by atoms with E-state index in [2.05, 4.69) is 24.5 Å². The van der Waals surface area contributed by atoms with Gasteiger partial charge in [-0.2, -0.15) is 0 Å². The van der Waals surface area contributed by atoms with Crippen molar-refractivity contribution >= 4 is 17.8 Å². The van der Waals surface area contributed by atoms with E-state index in [1.165, 1.54) is 122 Å². The first-order valence-corrected chi connectivity index (χ1v) is 31.9. The lowest BCUT2D eigenvalue weighted by molar-refractivity contribution is -0.386. The fourth-order valence-corrected chi connectivity index (χ4v) is 11.4. The van der Waals surface area contributed by atoms with Gasteiger partial charge in [-0.3, -0.25) is 9.59 Å². The molecule has 3 aliphatic heterocycles. The highest BCUT2D eigenvalue weighted by Gasteiger charge is 2.60. The SMILES string of the molecule is CCCCCCCCCCCCCCCCCCCCC(O)C(COC1OC(CO)C(OC2OC(CO)C(O)C(OC3(C(=O)O)CC(O)C(NC(C)=O)C(C(O)C(O)CO)O3)C2O)C(O)C1O)NC(=O)CCCCCCCCCCCCC. The molecule has 0 aromatic heterocycles. The summed E-state index contributed by atoms with van der Waals surface area (Å²) in [5.74, 6) is -6.10. The highest BCUT2D eigenvalue weighted by Crippen LogP contribution is 2.38. The number of aliphatic carboxylic acids is 1. The van der Waals surface area contributed by atoms with E-state index in [-0.39, 0.29) is 18.9 Å². The first-order chi connectivity index (χ1) is 39.9. The zero-order valence-electron chi connectivity index (χ0n) is 50.3. The number of unbranched alkanes of at least 4 members (excludes halogenated alkanes) is 27. The molecular formula is C60H112N2O21. The van der Waals surface area contributed by atoms with E-state index < -0.39 is 148 Å². The minimum absolute atomic E-state index is 0.227. The van der Waals surface area contributed by atoms with Crippen LogP contribution in [-0.4, -0.2) is 215 Å². The summed E-state index contributed by atoms with van der Waals surface area (Å²) in [6.07, 6.45) is 5.55. The topological polar surface area (TPSA) is 373 Å². The van der Waals surface area contributed by atoms with Gasteiger partial charge < -0.3 is 100 Å². The number of rotatable bonds is 47. The molecule has 18 atom stereocenters. The minimum Gasteiger partial charge on any atom is -0.477 e. The van der Waals surface area contributed by atoms with Crippen LogP contribution >= 0.6 is 0 Å². The van der Waals surface area contributed by atoms with Gasteiger partial charge in [-0.25, -0.2) is 4.79 Å². The van der Waals surface area contributed by atoms with Gasteiger partial charge in [0.25, 0.3) is 5.79 Å². The smallest absolute Gasteiger partial charge is 0.364 e. The Morgan fingerprint density at radius 3 is 1.51 bits per heavy atom. The predicted octanol–water partition coefficient (Wildman–Crippen LogP) is 3.78. The highest BCUT2D eigenvalue weighted by molar-refractivity contribution is 5.77. The van der Waals surface area contributed by atoms with Gasteiger partial charge >= 0.3 is 5.97 Å². The van der Waals surface area contributed by atoms with Crippen LogP contribution < -0.4 is 10.6 Å². The summed E-state index contributed by atoms with van der Waals surface area (Å²) in [6, 6.07) is -2.52. The average Bonchev–Trinajstić information content (AvgIpc) is 3.05. The number of hydrogen-bond donors (Lipinski definition) is 14. The van der Waals surface area contributed by atoms with Crippen LogP contribution in [0.4, 0.5) is 0 Å². The van der Waals surface area contributed by atoms with Crippen molar-refractivity contribution in [1.82, 2.24) is 10.6 Å². The third-order valence-electron chi connectivity index (χ3n) is 16.6. The Bertz CT molecular complexity index is 1710. The van der Waals surface area contributed by atoms with Gasteiger partial charge in [-0.1, -0.05) is 194 Å². The number of carboxylic acids is 1. The maximum absolute atomic E-state index is 13.4. The minimum atomic E-state index is -3.07. The first kappa shape index (κ1) is 75.0. The third kappa shape index (κ3) is 26.5. The van der Waals surface area contributed by atoms with Crippen LogP contribution in [0, 0.1) is 0 Å². The normalized spacial score (nSPS) is 29.9. The van der Waals surface area contributed by atoms with Crippen LogP contribution in [0.25, 0.3) is 0 Å². The van der Waals surface area contributed by atoms with E-state index in [1.807, 2.05) is 0 Å². The highest BCUT2D eigenvalue weighted by atomic mass is 16.8. The van der Waals surface area contributed by atoms with Crippen molar-refractivity contribution in [1.29, 1.82) is 0 Å². The van der Waals surface area contributed by atoms with Crippen molar-refractivity contribution in [2.75, 3.05) is 26.4 Å². The molecule has 3 heterocycles. The number of carbonyl (C=O) groups is 3. The molecular weight excluding hydrogens is 1080 g/mol. The van der Waals surface area contributed by atoms with E-state index in [0.717, 1.165) is 58.3 Å². The summed E-state index contributed by atoms with van der Waals surface area (Å²) in [4.78, 5) is 38.4. The number of amides is 2. The van der Waals surface area contributed by atoms with Crippen LogP contribution in [0.1, 0.15) is 226 Å². The summed E-state index contributed by atoms with van der Waals surface area (Å²) >= 11 is 0. The number of carbonyl (C=O) groups excluding carboxylic acids is 2. The number of ether oxygens (including phenoxy) is 6. The Labute approximate surface area is 493 Å². The summed E-state index contributed by atoms with van der Waals surface area (Å²) in [7, 11) is 0. The standard InChI is InChI=1S/C60H112N2O21/c1-4-6-8-10-12-14-16-17-18-19-20-21-22-24-25-27-29-31-33-42(67)41(62-47(70)34-32-30-28-26-23-15-13-11-9-7-5-2)39-78-57-52(74)51(73)54(46(38-65)80-57)81-58-53(75)56(50(72)45(37-64)79-58)83-60(59(76)77)35-43(68)48(61-40(3)66)55(82-60)49(71)44(69)36-63/h41-46,48-58,63-65,67-69,71-75H,4-39H2,1-3H3,(H,61,66)(H,62,70)(H,76,77). The van der Waals surface area contributed by atoms with E-state index in [0.29, 0.717) is 19.3 Å². The van der Waals surface area contributed by atoms with Gasteiger partial charge in [0.05, 0.1) is 50.7 Å². The monoisotopic (exact) mass is 1200 g/mol.